The van der Waals surface area contributed by atoms with E-state index in [1.807, 2.05) is 24.4 Å². The fourth-order valence-electron chi connectivity index (χ4n) is 1.26. The molecule has 3 heteroatoms. The molecule has 0 aliphatic rings. The molecular formula is C12H11FOS. The first-order valence-electron chi connectivity index (χ1n) is 4.67. The van der Waals surface area contributed by atoms with Crippen LogP contribution < -0.4 is 4.74 Å². The summed E-state index contributed by atoms with van der Waals surface area (Å²) in [6.45, 7) is 2.34. The SMILES string of the molecule is Cc1ccc(F)c(OCc2cccs2)c1. The Morgan fingerprint density at radius 2 is 2.20 bits per heavy atom. The molecule has 0 unspecified atom stereocenters. The number of hydrogen-bond donors (Lipinski definition) is 0. The summed E-state index contributed by atoms with van der Waals surface area (Å²) in [5.41, 5.74) is 0.998. The number of benzene rings is 1. The third-order valence-electron chi connectivity index (χ3n) is 2.04. The topological polar surface area (TPSA) is 9.23 Å². The van der Waals surface area contributed by atoms with Gasteiger partial charge in [0.25, 0.3) is 0 Å². The van der Waals surface area contributed by atoms with Gasteiger partial charge in [-0.25, -0.2) is 4.39 Å². The smallest absolute Gasteiger partial charge is 0.165 e. The van der Waals surface area contributed by atoms with Gasteiger partial charge in [-0.2, -0.15) is 0 Å². The highest BCUT2D eigenvalue weighted by Crippen LogP contribution is 2.20. The molecule has 0 saturated carbocycles. The maximum absolute atomic E-state index is 13.3. The minimum absolute atomic E-state index is 0.308. The zero-order chi connectivity index (χ0) is 10.7. The Balaban J connectivity index is 2.07. The molecule has 78 valence electrons. The first kappa shape index (κ1) is 10.2. The fourth-order valence-corrected chi connectivity index (χ4v) is 1.88. The molecule has 0 aliphatic heterocycles. The van der Waals surface area contributed by atoms with Crippen LogP contribution in [0.25, 0.3) is 0 Å². The summed E-state index contributed by atoms with van der Waals surface area (Å²) >= 11 is 1.60. The molecule has 1 aromatic carbocycles. The predicted molar refractivity (Wildman–Crippen MR) is 59.8 cm³/mol. The Morgan fingerprint density at radius 3 is 2.93 bits per heavy atom. The lowest BCUT2D eigenvalue weighted by molar-refractivity contribution is 0.293. The number of hydrogen-bond acceptors (Lipinski definition) is 2. The zero-order valence-corrected chi connectivity index (χ0v) is 9.18. The molecule has 1 heterocycles. The molecule has 15 heavy (non-hydrogen) atoms. The van der Waals surface area contributed by atoms with Crippen LogP contribution in [-0.2, 0) is 6.61 Å². The Bertz CT molecular complexity index is 437. The van der Waals surface area contributed by atoms with Gasteiger partial charge in [-0.05, 0) is 36.1 Å². The quantitative estimate of drug-likeness (QED) is 0.768. The average molecular weight is 222 g/mol. The van der Waals surface area contributed by atoms with Gasteiger partial charge in [0.2, 0.25) is 0 Å². The molecule has 2 rings (SSSR count). The predicted octanol–water partition coefficient (Wildman–Crippen LogP) is 3.77. The molecule has 0 amide bonds. The fraction of sp³-hybridized carbons (Fsp3) is 0.167. The molecular weight excluding hydrogens is 211 g/mol. The zero-order valence-electron chi connectivity index (χ0n) is 8.37. The van der Waals surface area contributed by atoms with Crippen LogP contribution in [-0.4, -0.2) is 0 Å². The molecule has 2 aromatic rings. The summed E-state index contributed by atoms with van der Waals surface area (Å²) in [5.74, 6) is 0.0144. The van der Waals surface area contributed by atoms with Gasteiger partial charge in [0.15, 0.2) is 11.6 Å². The number of ether oxygens (including phenoxy) is 1. The monoisotopic (exact) mass is 222 g/mol. The van der Waals surface area contributed by atoms with Crippen molar-refractivity contribution in [3.8, 4) is 5.75 Å². The summed E-state index contributed by atoms with van der Waals surface area (Å²) in [6.07, 6.45) is 0. The van der Waals surface area contributed by atoms with Crippen molar-refractivity contribution in [3.05, 3.63) is 52.0 Å². The first-order valence-corrected chi connectivity index (χ1v) is 5.55. The van der Waals surface area contributed by atoms with Crippen LogP contribution in [0.1, 0.15) is 10.4 Å². The van der Waals surface area contributed by atoms with Crippen LogP contribution in [0.15, 0.2) is 35.7 Å². The third kappa shape index (κ3) is 2.57. The van der Waals surface area contributed by atoms with E-state index in [-0.39, 0.29) is 5.82 Å². The summed E-state index contributed by atoms with van der Waals surface area (Å²) in [7, 11) is 0. The number of thiophene rings is 1. The van der Waals surface area contributed by atoms with Crippen LogP contribution in [0.4, 0.5) is 4.39 Å². The highest BCUT2D eigenvalue weighted by atomic mass is 32.1. The Morgan fingerprint density at radius 1 is 1.33 bits per heavy atom. The van der Waals surface area contributed by atoms with Crippen molar-refractivity contribution in [2.75, 3.05) is 0 Å². The van der Waals surface area contributed by atoms with Gasteiger partial charge in [0.1, 0.15) is 6.61 Å². The lowest BCUT2D eigenvalue weighted by Gasteiger charge is -2.06. The largest absolute Gasteiger partial charge is 0.485 e. The van der Waals surface area contributed by atoms with E-state index in [1.165, 1.54) is 6.07 Å². The van der Waals surface area contributed by atoms with E-state index >= 15 is 0 Å². The van der Waals surface area contributed by atoms with E-state index < -0.39 is 0 Å². The van der Waals surface area contributed by atoms with Crippen LogP contribution in [0.3, 0.4) is 0 Å². The van der Waals surface area contributed by atoms with Crippen molar-refractivity contribution in [1.82, 2.24) is 0 Å². The molecule has 0 saturated heterocycles. The van der Waals surface area contributed by atoms with E-state index in [0.29, 0.717) is 12.4 Å². The minimum Gasteiger partial charge on any atom is -0.485 e. The van der Waals surface area contributed by atoms with E-state index in [9.17, 15) is 4.39 Å². The second-order valence-corrected chi connectivity index (χ2v) is 4.33. The van der Waals surface area contributed by atoms with Crippen molar-refractivity contribution in [2.24, 2.45) is 0 Å². The van der Waals surface area contributed by atoms with Gasteiger partial charge in [-0.1, -0.05) is 12.1 Å². The van der Waals surface area contributed by atoms with E-state index in [2.05, 4.69) is 0 Å². The van der Waals surface area contributed by atoms with Crippen molar-refractivity contribution in [2.45, 2.75) is 13.5 Å². The Labute approximate surface area is 92.1 Å². The highest BCUT2D eigenvalue weighted by molar-refractivity contribution is 7.09. The molecule has 0 atom stereocenters. The van der Waals surface area contributed by atoms with Gasteiger partial charge in [-0.15, -0.1) is 11.3 Å². The Kier molecular flexibility index (Phi) is 3.02. The lowest BCUT2D eigenvalue weighted by atomic mass is 10.2. The molecule has 0 aliphatic carbocycles. The van der Waals surface area contributed by atoms with E-state index in [0.717, 1.165) is 10.4 Å². The molecule has 0 N–H and O–H groups in total. The molecule has 0 spiro atoms. The minimum atomic E-state index is -0.308. The van der Waals surface area contributed by atoms with Crippen molar-refractivity contribution < 1.29 is 9.13 Å². The normalized spacial score (nSPS) is 10.3. The van der Waals surface area contributed by atoms with Gasteiger partial charge < -0.3 is 4.74 Å². The second kappa shape index (κ2) is 4.45. The molecule has 1 aromatic heterocycles. The Hall–Kier alpha value is -1.35. The number of rotatable bonds is 3. The molecule has 1 nitrogen and oxygen atoms in total. The van der Waals surface area contributed by atoms with E-state index in [4.69, 9.17) is 4.74 Å². The maximum atomic E-state index is 13.3. The first-order chi connectivity index (χ1) is 7.25. The van der Waals surface area contributed by atoms with Gasteiger partial charge >= 0.3 is 0 Å². The molecule has 0 fully saturated rings. The molecule has 0 bridgehead atoms. The van der Waals surface area contributed by atoms with Crippen molar-refractivity contribution in [1.29, 1.82) is 0 Å². The van der Waals surface area contributed by atoms with Crippen molar-refractivity contribution in [3.63, 3.8) is 0 Å². The van der Waals surface area contributed by atoms with Crippen molar-refractivity contribution >= 4 is 11.3 Å². The van der Waals surface area contributed by atoms with Gasteiger partial charge in [0.05, 0.1) is 0 Å². The number of aryl methyl sites for hydroxylation is 1. The maximum Gasteiger partial charge on any atom is 0.165 e. The standard InChI is InChI=1S/C12H11FOS/c1-9-4-5-11(13)12(7-9)14-8-10-3-2-6-15-10/h2-7H,8H2,1H3. The summed E-state index contributed by atoms with van der Waals surface area (Å²) < 4.78 is 18.7. The van der Waals surface area contributed by atoms with E-state index in [1.54, 1.807) is 23.5 Å². The van der Waals surface area contributed by atoms with Gasteiger partial charge in [-0.3, -0.25) is 0 Å². The second-order valence-electron chi connectivity index (χ2n) is 3.30. The van der Waals surface area contributed by atoms with Crippen LogP contribution >= 0.6 is 11.3 Å². The highest BCUT2D eigenvalue weighted by Gasteiger charge is 2.03. The average Bonchev–Trinajstić information content (AvgIpc) is 2.72. The molecule has 0 radical (unpaired) electrons. The van der Waals surface area contributed by atoms with Gasteiger partial charge in [0, 0.05) is 4.88 Å². The van der Waals surface area contributed by atoms with Crippen LogP contribution in [0.5, 0.6) is 5.75 Å². The van der Waals surface area contributed by atoms with Crippen LogP contribution in [0, 0.1) is 12.7 Å². The third-order valence-corrected chi connectivity index (χ3v) is 2.89. The summed E-state index contributed by atoms with van der Waals surface area (Å²) in [4.78, 5) is 1.09. The lowest BCUT2D eigenvalue weighted by Crippen LogP contribution is -1.95. The summed E-state index contributed by atoms with van der Waals surface area (Å²) in [6, 6.07) is 8.80. The van der Waals surface area contributed by atoms with Crippen LogP contribution in [0.2, 0.25) is 0 Å². The summed E-state index contributed by atoms with van der Waals surface area (Å²) in [5, 5.41) is 1.98. The number of halogens is 1.